The van der Waals surface area contributed by atoms with Crippen molar-refractivity contribution in [2.45, 2.75) is 13.3 Å². The summed E-state index contributed by atoms with van der Waals surface area (Å²) in [7, 11) is 2.19. The van der Waals surface area contributed by atoms with Crippen LogP contribution in [-0.4, -0.2) is 4.57 Å². The highest BCUT2D eigenvalue weighted by Crippen LogP contribution is 2.35. The number of aromatic nitrogens is 1. The lowest BCUT2D eigenvalue weighted by Gasteiger charge is -2.06. The van der Waals surface area contributed by atoms with Crippen molar-refractivity contribution in [3.63, 3.8) is 0 Å². The maximum Gasteiger partial charge on any atom is 0.0568 e. The van der Waals surface area contributed by atoms with Gasteiger partial charge in [-0.05, 0) is 46.3 Å². The van der Waals surface area contributed by atoms with Crippen LogP contribution in [0.15, 0.2) is 66.7 Å². The zero-order chi connectivity index (χ0) is 16.3. The van der Waals surface area contributed by atoms with Crippen molar-refractivity contribution in [1.82, 2.24) is 4.57 Å². The highest BCUT2D eigenvalue weighted by atomic mass is 14.9. The molecule has 1 heteroatoms. The molecule has 1 nitrogen and oxygen atoms in total. The Kier molecular flexibility index (Phi) is 2.75. The van der Waals surface area contributed by atoms with Gasteiger partial charge in [0, 0.05) is 28.7 Å². The van der Waals surface area contributed by atoms with Gasteiger partial charge in [-0.15, -0.1) is 0 Å². The third kappa shape index (κ3) is 1.75. The molecule has 116 valence electrons. The molecule has 1 heterocycles. The number of fused-ring (bicyclic) bond motifs is 6. The number of rotatable bonds is 1. The van der Waals surface area contributed by atoms with Gasteiger partial charge >= 0.3 is 0 Å². The Morgan fingerprint density at radius 1 is 0.708 bits per heavy atom. The van der Waals surface area contributed by atoms with Crippen molar-refractivity contribution in [1.29, 1.82) is 0 Å². The number of hydrogen-bond donors (Lipinski definition) is 0. The lowest BCUT2D eigenvalue weighted by atomic mass is 10.0. The molecule has 0 spiro atoms. The fraction of sp³-hybridized carbons (Fsp3) is 0.130. The minimum absolute atomic E-state index is 1.07. The summed E-state index contributed by atoms with van der Waals surface area (Å²) in [6.07, 6.45) is 1.07. The largest absolute Gasteiger partial charge is 0.343 e. The fourth-order valence-corrected chi connectivity index (χ4v) is 4.00. The molecule has 24 heavy (non-hydrogen) atoms. The van der Waals surface area contributed by atoms with Crippen LogP contribution >= 0.6 is 0 Å². The van der Waals surface area contributed by atoms with Crippen molar-refractivity contribution >= 4 is 43.4 Å². The average Bonchev–Trinajstić information content (AvgIpc) is 2.92. The molecule has 0 unspecified atom stereocenters. The van der Waals surface area contributed by atoms with Crippen LogP contribution in [0.4, 0.5) is 0 Å². The molecule has 5 rings (SSSR count). The van der Waals surface area contributed by atoms with Crippen molar-refractivity contribution in [2.75, 3.05) is 0 Å². The van der Waals surface area contributed by atoms with E-state index in [4.69, 9.17) is 0 Å². The Bertz CT molecular complexity index is 1240. The van der Waals surface area contributed by atoms with Crippen molar-refractivity contribution < 1.29 is 0 Å². The standard InChI is InChI=1S/C23H19N/c1-3-15-8-10-19-20-11-9-18-13-16-6-4-5-7-17(16)14-21(18)23(20)24(2)22(19)12-15/h4-14H,3H2,1-2H3. The van der Waals surface area contributed by atoms with Crippen LogP contribution in [-0.2, 0) is 13.5 Å². The summed E-state index contributed by atoms with van der Waals surface area (Å²) in [5.41, 5.74) is 4.05. The zero-order valence-electron chi connectivity index (χ0n) is 14.0. The Balaban J connectivity index is 2.00. The van der Waals surface area contributed by atoms with E-state index in [9.17, 15) is 0 Å². The summed E-state index contributed by atoms with van der Waals surface area (Å²) in [4.78, 5) is 0. The van der Waals surface area contributed by atoms with E-state index in [-0.39, 0.29) is 0 Å². The maximum atomic E-state index is 2.36. The summed E-state index contributed by atoms with van der Waals surface area (Å²) >= 11 is 0. The van der Waals surface area contributed by atoms with E-state index in [1.54, 1.807) is 0 Å². The van der Waals surface area contributed by atoms with E-state index < -0.39 is 0 Å². The van der Waals surface area contributed by atoms with Gasteiger partial charge in [0.2, 0.25) is 0 Å². The van der Waals surface area contributed by atoms with Crippen LogP contribution < -0.4 is 0 Å². The van der Waals surface area contributed by atoms with Gasteiger partial charge in [-0.3, -0.25) is 0 Å². The first-order valence-corrected chi connectivity index (χ1v) is 8.59. The highest BCUT2D eigenvalue weighted by Gasteiger charge is 2.12. The predicted molar refractivity (Wildman–Crippen MR) is 105 cm³/mol. The molecule has 4 aromatic carbocycles. The van der Waals surface area contributed by atoms with Crippen LogP contribution in [0, 0.1) is 0 Å². The van der Waals surface area contributed by atoms with Gasteiger partial charge in [-0.1, -0.05) is 55.5 Å². The van der Waals surface area contributed by atoms with Gasteiger partial charge in [0.05, 0.1) is 5.52 Å². The fourth-order valence-electron chi connectivity index (χ4n) is 4.00. The Morgan fingerprint density at radius 2 is 1.46 bits per heavy atom. The van der Waals surface area contributed by atoms with Crippen LogP contribution in [0.3, 0.4) is 0 Å². The first-order chi connectivity index (χ1) is 11.8. The van der Waals surface area contributed by atoms with Crippen LogP contribution in [0.1, 0.15) is 12.5 Å². The summed E-state index contributed by atoms with van der Waals surface area (Å²) in [6, 6.07) is 24.7. The van der Waals surface area contributed by atoms with Gasteiger partial charge in [-0.2, -0.15) is 0 Å². The van der Waals surface area contributed by atoms with Gasteiger partial charge < -0.3 is 4.57 Å². The quantitative estimate of drug-likeness (QED) is 0.325. The molecule has 0 saturated carbocycles. The number of benzene rings is 4. The topological polar surface area (TPSA) is 4.93 Å². The van der Waals surface area contributed by atoms with E-state index >= 15 is 0 Å². The van der Waals surface area contributed by atoms with Gasteiger partial charge in [0.1, 0.15) is 0 Å². The van der Waals surface area contributed by atoms with E-state index in [1.165, 1.54) is 48.9 Å². The second-order valence-electron chi connectivity index (χ2n) is 6.65. The lowest BCUT2D eigenvalue weighted by Crippen LogP contribution is -1.89. The van der Waals surface area contributed by atoms with E-state index in [0.29, 0.717) is 0 Å². The number of aryl methyl sites for hydroxylation is 2. The van der Waals surface area contributed by atoms with E-state index in [2.05, 4.69) is 85.3 Å². The lowest BCUT2D eigenvalue weighted by molar-refractivity contribution is 1.01. The molecule has 0 aliphatic carbocycles. The molecule has 5 aromatic rings. The molecule has 0 aliphatic rings. The minimum Gasteiger partial charge on any atom is -0.343 e. The monoisotopic (exact) mass is 309 g/mol. The maximum absolute atomic E-state index is 2.36. The summed E-state index contributed by atoms with van der Waals surface area (Å²) in [6.45, 7) is 2.21. The molecule has 0 bridgehead atoms. The highest BCUT2D eigenvalue weighted by molar-refractivity contribution is 6.19. The SMILES string of the molecule is CCc1ccc2c3ccc4cc5ccccc5cc4c3n(C)c2c1. The summed E-state index contributed by atoms with van der Waals surface area (Å²) in [5.74, 6) is 0. The number of hydrogen-bond acceptors (Lipinski definition) is 0. The molecule has 0 amide bonds. The third-order valence-electron chi connectivity index (χ3n) is 5.31. The molecule has 1 aromatic heterocycles. The van der Waals surface area contributed by atoms with Crippen molar-refractivity contribution in [3.05, 3.63) is 72.3 Å². The molecule has 0 fully saturated rings. The molecule has 0 saturated heterocycles. The van der Waals surface area contributed by atoms with Crippen LogP contribution in [0.2, 0.25) is 0 Å². The molecular formula is C23H19N. The first kappa shape index (κ1) is 13.6. The second-order valence-corrected chi connectivity index (χ2v) is 6.65. The predicted octanol–water partition coefficient (Wildman–Crippen LogP) is 6.20. The smallest absolute Gasteiger partial charge is 0.0568 e. The van der Waals surface area contributed by atoms with Gasteiger partial charge in [-0.25, -0.2) is 0 Å². The van der Waals surface area contributed by atoms with Crippen molar-refractivity contribution in [2.24, 2.45) is 7.05 Å². The molecule has 0 N–H and O–H groups in total. The van der Waals surface area contributed by atoms with Gasteiger partial charge in [0.15, 0.2) is 0 Å². The van der Waals surface area contributed by atoms with E-state index in [0.717, 1.165) is 6.42 Å². The zero-order valence-corrected chi connectivity index (χ0v) is 14.0. The molecular weight excluding hydrogens is 290 g/mol. The molecule has 0 radical (unpaired) electrons. The first-order valence-electron chi connectivity index (χ1n) is 8.59. The Labute approximate surface area is 141 Å². The normalized spacial score (nSPS) is 11.9. The summed E-state index contributed by atoms with van der Waals surface area (Å²) < 4.78 is 2.36. The molecule has 0 aliphatic heterocycles. The Morgan fingerprint density at radius 3 is 2.25 bits per heavy atom. The Hall–Kier alpha value is -2.80. The second kappa shape index (κ2) is 4.85. The average molecular weight is 309 g/mol. The van der Waals surface area contributed by atoms with Gasteiger partial charge in [0.25, 0.3) is 0 Å². The minimum atomic E-state index is 1.07. The molecule has 0 atom stereocenters. The van der Waals surface area contributed by atoms with Crippen LogP contribution in [0.5, 0.6) is 0 Å². The van der Waals surface area contributed by atoms with E-state index in [1.807, 2.05) is 0 Å². The van der Waals surface area contributed by atoms with Crippen molar-refractivity contribution in [3.8, 4) is 0 Å². The third-order valence-corrected chi connectivity index (χ3v) is 5.31. The number of nitrogens with zero attached hydrogens (tertiary/aromatic N) is 1. The van der Waals surface area contributed by atoms with Crippen LogP contribution in [0.25, 0.3) is 43.4 Å². The summed E-state index contributed by atoms with van der Waals surface area (Å²) in [5, 5.41) is 7.94.